The molecule has 0 bridgehead atoms. The van der Waals surface area contributed by atoms with Crippen LogP contribution in [0.3, 0.4) is 0 Å². The molecule has 0 radical (unpaired) electrons. The first-order chi connectivity index (χ1) is 12.4. The monoisotopic (exact) mass is 353 g/mol. The average Bonchev–Trinajstić information content (AvgIpc) is 2.60. The highest BCUT2D eigenvalue weighted by Gasteiger charge is 2.20. The van der Waals surface area contributed by atoms with Crippen molar-refractivity contribution in [3.8, 4) is 17.2 Å². The number of anilines is 1. The number of benzene rings is 1. The zero-order valence-electron chi connectivity index (χ0n) is 16.4. The molecule has 0 saturated carbocycles. The summed E-state index contributed by atoms with van der Waals surface area (Å²) in [7, 11) is 0. The predicted molar refractivity (Wildman–Crippen MR) is 106 cm³/mol. The zero-order valence-corrected chi connectivity index (χ0v) is 16.4. The number of rotatable bonds is 7. The largest absolute Gasteiger partial charge is 0.355 e. The Labute approximate surface area is 156 Å². The number of nitrogens with zero attached hydrogens (tertiary/aromatic N) is 3. The molecular weight excluding hydrogens is 325 g/mol. The van der Waals surface area contributed by atoms with Gasteiger partial charge in [-0.25, -0.2) is 9.37 Å². The molecule has 3 nitrogen and oxygen atoms in total. The molecule has 0 aliphatic heterocycles. The van der Waals surface area contributed by atoms with E-state index in [0.29, 0.717) is 11.5 Å². The fourth-order valence-corrected chi connectivity index (χ4v) is 3.14. The van der Waals surface area contributed by atoms with Gasteiger partial charge in [-0.15, -0.1) is 0 Å². The van der Waals surface area contributed by atoms with Crippen molar-refractivity contribution in [3.05, 3.63) is 47.4 Å². The van der Waals surface area contributed by atoms with Gasteiger partial charge >= 0.3 is 0 Å². The van der Waals surface area contributed by atoms with E-state index in [1.54, 1.807) is 12.1 Å². The van der Waals surface area contributed by atoms with Gasteiger partial charge in [-0.05, 0) is 42.0 Å². The second-order valence-corrected chi connectivity index (χ2v) is 7.41. The smallest absolute Gasteiger partial charge is 0.146 e. The first kappa shape index (κ1) is 19.9. The summed E-state index contributed by atoms with van der Waals surface area (Å²) in [6.45, 7) is 12.4. The van der Waals surface area contributed by atoms with E-state index in [4.69, 9.17) is 4.98 Å². The summed E-state index contributed by atoms with van der Waals surface area (Å²) in [6, 6.07) is 10.6. The van der Waals surface area contributed by atoms with Gasteiger partial charge in [0, 0.05) is 18.7 Å². The fourth-order valence-electron chi connectivity index (χ4n) is 3.14. The van der Waals surface area contributed by atoms with Gasteiger partial charge in [-0.1, -0.05) is 46.8 Å². The lowest BCUT2D eigenvalue weighted by atomic mass is 9.95. The van der Waals surface area contributed by atoms with Gasteiger partial charge in [0.25, 0.3) is 0 Å². The molecule has 0 unspecified atom stereocenters. The minimum Gasteiger partial charge on any atom is -0.355 e. The standard InChI is InChI=1S/C22H28FN3/c1-6-11-26(14-15(2)3)22-18(13-24)12-20(21(25-22)16(4)5)17-7-9-19(23)10-8-17/h7-10,12,15-16H,6,11,14H2,1-5H3. The van der Waals surface area contributed by atoms with E-state index in [0.717, 1.165) is 42.1 Å². The highest BCUT2D eigenvalue weighted by molar-refractivity contribution is 5.72. The van der Waals surface area contributed by atoms with Crippen LogP contribution in [0.4, 0.5) is 10.2 Å². The van der Waals surface area contributed by atoms with Gasteiger partial charge in [0.05, 0.1) is 11.3 Å². The molecule has 26 heavy (non-hydrogen) atoms. The van der Waals surface area contributed by atoms with Crippen molar-refractivity contribution in [1.29, 1.82) is 5.26 Å². The van der Waals surface area contributed by atoms with E-state index in [2.05, 4.69) is 45.6 Å². The van der Waals surface area contributed by atoms with Crippen molar-refractivity contribution in [1.82, 2.24) is 4.98 Å². The lowest BCUT2D eigenvalue weighted by Crippen LogP contribution is -2.30. The Morgan fingerprint density at radius 1 is 1.15 bits per heavy atom. The van der Waals surface area contributed by atoms with Crippen molar-refractivity contribution >= 4 is 5.82 Å². The van der Waals surface area contributed by atoms with Gasteiger partial charge in [0.2, 0.25) is 0 Å². The van der Waals surface area contributed by atoms with E-state index < -0.39 is 0 Å². The molecule has 0 atom stereocenters. The van der Waals surface area contributed by atoms with Crippen LogP contribution in [-0.2, 0) is 0 Å². The van der Waals surface area contributed by atoms with Gasteiger partial charge in [0.1, 0.15) is 17.7 Å². The summed E-state index contributed by atoms with van der Waals surface area (Å²) in [5.41, 5.74) is 3.30. The minimum atomic E-state index is -0.268. The maximum absolute atomic E-state index is 13.3. The van der Waals surface area contributed by atoms with Crippen molar-refractivity contribution < 1.29 is 4.39 Å². The van der Waals surface area contributed by atoms with Gasteiger partial charge in [-0.2, -0.15) is 5.26 Å². The molecule has 0 saturated heterocycles. The van der Waals surface area contributed by atoms with Crippen LogP contribution in [0.5, 0.6) is 0 Å². The Hall–Kier alpha value is -2.41. The van der Waals surface area contributed by atoms with E-state index in [1.807, 2.05) is 6.07 Å². The molecule has 2 rings (SSSR count). The van der Waals surface area contributed by atoms with Gasteiger partial charge in [-0.3, -0.25) is 0 Å². The molecule has 0 N–H and O–H groups in total. The van der Waals surface area contributed by atoms with Crippen LogP contribution < -0.4 is 4.90 Å². The Bertz CT molecular complexity index is 773. The Morgan fingerprint density at radius 3 is 2.31 bits per heavy atom. The second kappa shape index (κ2) is 8.80. The van der Waals surface area contributed by atoms with E-state index in [9.17, 15) is 9.65 Å². The Morgan fingerprint density at radius 2 is 1.81 bits per heavy atom. The second-order valence-electron chi connectivity index (χ2n) is 7.41. The fraction of sp³-hybridized carbons (Fsp3) is 0.455. The summed E-state index contributed by atoms with van der Waals surface area (Å²) in [6.07, 6.45) is 0.996. The molecule has 1 heterocycles. The van der Waals surface area contributed by atoms with Crippen molar-refractivity contribution in [2.75, 3.05) is 18.0 Å². The Balaban J connectivity index is 2.63. The van der Waals surface area contributed by atoms with Crippen LogP contribution >= 0.6 is 0 Å². The van der Waals surface area contributed by atoms with Crippen LogP contribution in [0.1, 0.15) is 58.2 Å². The van der Waals surface area contributed by atoms with Crippen LogP contribution in [0.2, 0.25) is 0 Å². The summed E-state index contributed by atoms with van der Waals surface area (Å²) < 4.78 is 13.3. The third-order valence-corrected chi connectivity index (χ3v) is 4.23. The molecule has 0 fully saturated rings. The first-order valence-corrected chi connectivity index (χ1v) is 9.33. The van der Waals surface area contributed by atoms with Crippen LogP contribution in [0.25, 0.3) is 11.1 Å². The Kier molecular flexibility index (Phi) is 6.74. The van der Waals surface area contributed by atoms with Gasteiger partial charge < -0.3 is 4.90 Å². The maximum Gasteiger partial charge on any atom is 0.146 e. The first-order valence-electron chi connectivity index (χ1n) is 9.33. The number of hydrogen-bond acceptors (Lipinski definition) is 3. The summed E-state index contributed by atoms with van der Waals surface area (Å²) in [4.78, 5) is 7.14. The van der Waals surface area contributed by atoms with E-state index >= 15 is 0 Å². The normalized spacial score (nSPS) is 11.0. The van der Waals surface area contributed by atoms with E-state index in [1.165, 1.54) is 12.1 Å². The summed E-state index contributed by atoms with van der Waals surface area (Å²) in [5, 5.41) is 9.74. The molecule has 0 amide bonds. The molecule has 2 aromatic rings. The molecule has 0 spiro atoms. The number of pyridine rings is 1. The molecule has 1 aromatic carbocycles. The quantitative estimate of drug-likeness (QED) is 0.636. The van der Waals surface area contributed by atoms with Crippen molar-refractivity contribution in [2.24, 2.45) is 5.92 Å². The summed E-state index contributed by atoms with van der Waals surface area (Å²) in [5.74, 6) is 1.17. The molecular formula is C22H28FN3. The predicted octanol–water partition coefficient (Wildman–Crippen LogP) is 5.76. The number of aromatic nitrogens is 1. The molecule has 138 valence electrons. The maximum atomic E-state index is 13.3. The van der Waals surface area contributed by atoms with Crippen LogP contribution in [0, 0.1) is 23.1 Å². The average molecular weight is 353 g/mol. The lowest BCUT2D eigenvalue weighted by Gasteiger charge is -2.27. The minimum absolute atomic E-state index is 0.198. The molecule has 1 aromatic heterocycles. The third kappa shape index (κ3) is 4.60. The topological polar surface area (TPSA) is 39.9 Å². The third-order valence-electron chi connectivity index (χ3n) is 4.23. The van der Waals surface area contributed by atoms with Crippen molar-refractivity contribution in [2.45, 2.75) is 47.0 Å². The number of hydrogen-bond donors (Lipinski definition) is 0. The van der Waals surface area contributed by atoms with Crippen LogP contribution in [0.15, 0.2) is 30.3 Å². The lowest BCUT2D eigenvalue weighted by molar-refractivity contribution is 0.600. The number of halogens is 1. The molecule has 0 aliphatic rings. The summed E-state index contributed by atoms with van der Waals surface area (Å²) >= 11 is 0. The molecule has 4 heteroatoms. The zero-order chi connectivity index (χ0) is 19.3. The van der Waals surface area contributed by atoms with Crippen molar-refractivity contribution in [3.63, 3.8) is 0 Å². The number of nitriles is 1. The van der Waals surface area contributed by atoms with E-state index in [-0.39, 0.29) is 11.7 Å². The van der Waals surface area contributed by atoms with Crippen LogP contribution in [-0.4, -0.2) is 18.1 Å². The highest BCUT2D eigenvalue weighted by Crippen LogP contribution is 2.33. The molecule has 0 aliphatic carbocycles. The highest BCUT2D eigenvalue weighted by atomic mass is 19.1. The SMILES string of the molecule is CCCN(CC(C)C)c1nc(C(C)C)c(-c2ccc(F)cc2)cc1C#N. The van der Waals surface area contributed by atoms with Gasteiger partial charge in [0.15, 0.2) is 0 Å².